The first-order valence-electron chi connectivity index (χ1n) is 6.83. The van der Waals surface area contributed by atoms with Crippen LogP contribution in [0.3, 0.4) is 0 Å². The van der Waals surface area contributed by atoms with Crippen LogP contribution < -0.4 is 10.1 Å². The second-order valence-corrected chi connectivity index (χ2v) is 4.92. The Kier molecular flexibility index (Phi) is 5.35. The summed E-state index contributed by atoms with van der Waals surface area (Å²) < 4.78 is 5.73. The standard InChI is InChI=1S/C17H19NO3/c1-13-3-2-4-15(9-13)12-21-16-7-5-14(6-8-16)10-18-11-17(19)20/h2-9,18H,10-12H2,1H3,(H,19,20). The lowest BCUT2D eigenvalue weighted by Crippen LogP contribution is -2.21. The maximum atomic E-state index is 10.4. The summed E-state index contributed by atoms with van der Waals surface area (Å²) >= 11 is 0. The average Bonchev–Trinajstić information content (AvgIpc) is 2.46. The van der Waals surface area contributed by atoms with Crippen LogP contribution in [0, 0.1) is 6.92 Å². The van der Waals surface area contributed by atoms with Gasteiger partial charge in [-0.2, -0.15) is 0 Å². The van der Waals surface area contributed by atoms with Gasteiger partial charge < -0.3 is 15.2 Å². The van der Waals surface area contributed by atoms with E-state index >= 15 is 0 Å². The Bertz CT molecular complexity index is 593. The molecule has 0 bridgehead atoms. The van der Waals surface area contributed by atoms with E-state index in [9.17, 15) is 4.79 Å². The molecule has 2 aromatic rings. The second-order valence-electron chi connectivity index (χ2n) is 4.92. The van der Waals surface area contributed by atoms with E-state index in [4.69, 9.17) is 9.84 Å². The van der Waals surface area contributed by atoms with E-state index in [-0.39, 0.29) is 6.54 Å². The molecular formula is C17H19NO3. The molecule has 2 N–H and O–H groups in total. The lowest BCUT2D eigenvalue weighted by Gasteiger charge is -2.08. The summed E-state index contributed by atoms with van der Waals surface area (Å²) in [6.45, 7) is 3.09. The molecule has 0 saturated carbocycles. The van der Waals surface area contributed by atoms with Crippen molar-refractivity contribution in [2.45, 2.75) is 20.1 Å². The number of rotatable bonds is 7. The minimum absolute atomic E-state index is 0.0361. The molecule has 0 atom stereocenters. The molecule has 0 aliphatic rings. The number of aryl methyl sites for hydroxylation is 1. The topological polar surface area (TPSA) is 58.6 Å². The molecule has 0 heterocycles. The van der Waals surface area contributed by atoms with Crippen molar-refractivity contribution in [2.75, 3.05) is 6.54 Å². The van der Waals surface area contributed by atoms with Crippen molar-refractivity contribution >= 4 is 5.97 Å². The van der Waals surface area contributed by atoms with Gasteiger partial charge in [0.1, 0.15) is 12.4 Å². The number of carboxylic acids is 1. The van der Waals surface area contributed by atoms with Gasteiger partial charge in [-0.25, -0.2) is 0 Å². The molecule has 0 aliphatic heterocycles. The van der Waals surface area contributed by atoms with E-state index in [1.165, 1.54) is 5.56 Å². The Balaban J connectivity index is 1.83. The minimum Gasteiger partial charge on any atom is -0.489 e. The second kappa shape index (κ2) is 7.45. The molecule has 0 radical (unpaired) electrons. The van der Waals surface area contributed by atoms with Gasteiger partial charge in [-0.1, -0.05) is 42.0 Å². The molecule has 0 spiro atoms. The first-order valence-corrected chi connectivity index (χ1v) is 6.83. The highest BCUT2D eigenvalue weighted by atomic mass is 16.5. The van der Waals surface area contributed by atoms with E-state index in [0.717, 1.165) is 16.9 Å². The van der Waals surface area contributed by atoms with Crippen LogP contribution >= 0.6 is 0 Å². The Morgan fingerprint density at radius 2 is 1.90 bits per heavy atom. The number of hydrogen-bond donors (Lipinski definition) is 2. The first-order chi connectivity index (χ1) is 10.1. The third-order valence-electron chi connectivity index (χ3n) is 3.02. The molecule has 110 valence electrons. The summed E-state index contributed by atoms with van der Waals surface area (Å²) in [5.74, 6) is -0.0494. The van der Waals surface area contributed by atoms with Crippen LogP contribution in [0.2, 0.25) is 0 Å². The maximum Gasteiger partial charge on any atom is 0.317 e. The molecule has 0 fully saturated rings. The fraction of sp³-hybridized carbons (Fsp3) is 0.235. The monoisotopic (exact) mass is 285 g/mol. The van der Waals surface area contributed by atoms with Crippen molar-refractivity contribution in [3.8, 4) is 5.75 Å². The van der Waals surface area contributed by atoms with Gasteiger partial charge in [-0.05, 0) is 30.2 Å². The fourth-order valence-corrected chi connectivity index (χ4v) is 1.99. The molecule has 0 saturated heterocycles. The molecule has 4 nitrogen and oxygen atoms in total. The van der Waals surface area contributed by atoms with E-state index in [0.29, 0.717) is 13.2 Å². The van der Waals surface area contributed by atoms with E-state index in [1.54, 1.807) is 0 Å². The SMILES string of the molecule is Cc1cccc(COc2ccc(CNCC(=O)O)cc2)c1. The van der Waals surface area contributed by atoms with Gasteiger partial charge in [0.05, 0.1) is 6.54 Å². The molecule has 0 unspecified atom stereocenters. The zero-order valence-corrected chi connectivity index (χ0v) is 12.0. The molecule has 4 heteroatoms. The Hall–Kier alpha value is -2.33. The number of aliphatic carboxylic acids is 1. The number of hydrogen-bond acceptors (Lipinski definition) is 3. The van der Waals surface area contributed by atoms with Gasteiger partial charge in [-0.15, -0.1) is 0 Å². The molecule has 2 rings (SSSR count). The summed E-state index contributed by atoms with van der Waals surface area (Å²) in [4.78, 5) is 10.4. The molecule has 0 aromatic heterocycles. The van der Waals surface area contributed by atoms with Crippen LogP contribution in [0.5, 0.6) is 5.75 Å². The van der Waals surface area contributed by atoms with Crippen LogP contribution in [0.15, 0.2) is 48.5 Å². The predicted octanol–water partition coefficient (Wildman–Crippen LogP) is 2.75. The van der Waals surface area contributed by atoms with Gasteiger partial charge in [0.2, 0.25) is 0 Å². The molecule has 21 heavy (non-hydrogen) atoms. The van der Waals surface area contributed by atoms with Gasteiger partial charge >= 0.3 is 5.97 Å². The van der Waals surface area contributed by atoms with Crippen LogP contribution in [0.4, 0.5) is 0 Å². The molecular weight excluding hydrogens is 266 g/mol. The molecule has 0 aliphatic carbocycles. The van der Waals surface area contributed by atoms with Crippen molar-refractivity contribution in [2.24, 2.45) is 0 Å². The Morgan fingerprint density at radius 3 is 2.57 bits per heavy atom. The average molecular weight is 285 g/mol. The van der Waals surface area contributed by atoms with Crippen molar-refractivity contribution in [3.63, 3.8) is 0 Å². The minimum atomic E-state index is -0.854. The lowest BCUT2D eigenvalue weighted by atomic mass is 10.1. The highest BCUT2D eigenvalue weighted by Gasteiger charge is 1.99. The summed E-state index contributed by atoms with van der Waals surface area (Å²) in [6, 6.07) is 15.9. The van der Waals surface area contributed by atoms with Crippen molar-refractivity contribution in [1.82, 2.24) is 5.32 Å². The van der Waals surface area contributed by atoms with Gasteiger partial charge in [0.15, 0.2) is 0 Å². The largest absolute Gasteiger partial charge is 0.489 e. The first kappa shape index (κ1) is 15.1. The van der Waals surface area contributed by atoms with Crippen LogP contribution in [0.25, 0.3) is 0 Å². The Labute approximate surface area is 124 Å². The number of nitrogens with one attached hydrogen (secondary N) is 1. The van der Waals surface area contributed by atoms with Crippen molar-refractivity contribution in [3.05, 3.63) is 65.2 Å². The number of carbonyl (C=O) groups is 1. The third-order valence-corrected chi connectivity index (χ3v) is 3.02. The lowest BCUT2D eigenvalue weighted by molar-refractivity contribution is -0.135. The zero-order valence-electron chi connectivity index (χ0n) is 12.0. The molecule has 0 amide bonds. The molecule has 2 aromatic carbocycles. The third kappa shape index (κ3) is 5.28. The quantitative estimate of drug-likeness (QED) is 0.821. The van der Waals surface area contributed by atoms with Crippen LogP contribution in [-0.4, -0.2) is 17.6 Å². The normalized spacial score (nSPS) is 10.3. The Morgan fingerprint density at radius 1 is 1.14 bits per heavy atom. The number of benzene rings is 2. The number of ether oxygens (including phenoxy) is 1. The van der Waals surface area contributed by atoms with E-state index < -0.39 is 5.97 Å². The predicted molar refractivity (Wildman–Crippen MR) is 81.3 cm³/mol. The van der Waals surface area contributed by atoms with E-state index in [1.807, 2.05) is 36.4 Å². The fourth-order valence-electron chi connectivity index (χ4n) is 1.99. The summed E-state index contributed by atoms with van der Waals surface area (Å²) in [6.07, 6.45) is 0. The van der Waals surface area contributed by atoms with Gasteiger partial charge in [0, 0.05) is 6.54 Å². The summed E-state index contributed by atoms with van der Waals surface area (Å²) in [5.41, 5.74) is 3.39. The smallest absolute Gasteiger partial charge is 0.317 e. The van der Waals surface area contributed by atoms with Gasteiger partial charge in [-0.3, -0.25) is 4.79 Å². The highest BCUT2D eigenvalue weighted by Crippen LogP contribution is 2.14. The maximum absolute atomic E-state index is 10.4. The summed E-state index contributed by atoms with van der Waals surface area (Å²) in [7, 11) is 0. The van der Waals surface area contributed by atoms with Crippen molar-refractivity contribution < 1.29 is 14.6 Å². The summed E-state index contributed by atoms with van der Waals surface area (Å²) in [5, 5.41) is 11.4. The van der Waals surface area contributed by atoms with E-state index in [2.05, 4.69) is 24.4 Å². The van der Waals surface area contributed by atoms with Crippen LogP contribution in [-0.2, 0) is 17.9 Å². The van der Waals surface area contributed by atoms with Crippen molar-refractivity contribution in [1.29, 1.82) is 0 Å². The zero-order chi connectivity index (χ0) is 15.1. The van der Waals surface area contributed by atoms with Crippen LogP contribution in [0.1, 0.15) is 16.7 Å². The van der Waals surface area contributed by atoms with Gasteiger partial charge in [0.25, 0.3) is 0 Å². The highest BCUT2D eigenvalue weighted by molar-refractivity contribution is 5.68. The number of carboxylic acid groups (broad SMARTS) is 1.